The number of hydrogen-bond acceptors (Lipinski definition) is 5. The fraction of sp³-hybridized carbons (Fsp3) is 0.867. The lowest BCUT2D eigenvalue weighted by Crippen LogP contribution is -2.46. The van der Waals surface area contributed by atoms with Crippen LogP contribution in [0.1, 0.15) is 52.9 Å². The van der Waals surface area contributed by atoms with Gasteiger partial charge >= 0.3 is 11.9 Å². The highest BCUT2D eigenvalue weighted by atomic mass is 16.7. The highest BCUT2D eigenvalue weighted by Crippen LogP contribution is 2.70. The van der Waals surface area contributed by atoms with Crippen LogP contribution in [0.15, 0.2) is 0 Å². The number of ether oxygens (including phenoxy) is 1. The molecule has 0 spiro atoms. The van der Waals surface area contributed by atoms with Crippen LogP contribution in [0.2, 0.25) is 0 Å². The van der Waals surface area contributed by atoms with E-state index in [9.17, 15) is 9.59 Å². The van der Waals surface area contributed by atoms with Crippen LogP contribution < -0.4 is 5.48 Å². The minimum atomic E-state index is -0.517. The smallest absolute Gasteiger partial charge is 0.333 e. The van der Waals surface area contributed by atoms with Gasteiger partial charge in [0, 0.05) is 11.8 Å². The molecule has 2 aliphatic carbocycles. The summed E-state index contributed by atoms with van der Waals surface area (Å²) in [7, 11) is 0. The van der Waals surface area contributed by atoms with E-state index in [0.717, 1.165) is 6.42 Å². The molecule has 5 nitrogen and oxygen atoms in total. The summed E-state index contributed by atoms with van der Waals surface area (Å²) >= 11 is 0. The molecule has 0 aromatic carbocycles. The van der Waals surface area contributed by atoms with Gasteiger partial charge in [-0.3, -0.25) is 9.63 Å². The van der Waals surface area contributed by atoms with Crippen LogP contribution in [-0.4, -0.2) is 23.6 Å². The van der Waals surface area contributed by atoms with Crippen LogP contribution >= 0.6 is 0 Å². The number of nitrogens with one attached hydrogen (secondary N) is 1. The maximum absolute atomic E-state index is 11.6. The molecule has 3 aliphatic rings. The summed E-state index contributed by atoms with van der Waals surface area (Å²) in [5, 5.41) is 0. The molecule has 5 heteroatoms. The summed E-state index contributed by atoms with van der Waals surface area (Å²) in [6.45, 7) is 6.73. The van der Waals surface area contributed by atoms with E-state index in [0.29, 0.717) is 18.3 Å². The Labute approximate surface area is 119 Å². The summed E-state index contributed by atoms with van der Waals surface area (Å²) in [6.07, 6.45) is 4.18. The number of fused-ring (bicyclic) bond motifs is 1. The third kappa shape index (κ3) is 1.99. The van der Waals surface area contributed by atoms with Gasteiger partial charge in [-0.2, -0.15) is 5.48 Å². The lowest BCUT2D eigenvalue weighted by molar-refractivity contribution is -0.173. The topological polar surface area (TPSA) is 64.6 Å². The van der Waals surface area contributed by atoms with E-state index >= 15 is 0 Å². The minimum Gasteiger partial charge on any atom is -0.392 e. The maximum Gasteiger partial charge on any atom is 0.333 e. The third-order valence-corrected chi connectivity index (χ3v) is 5.56. The van der Waals surface area contributed by atoms with Crippen molar-refractivity contribution >= 4 is 11.9 Å². The zero-order valence-electron chi connectivity index (χ0n) is 12.4. The van der Waals surface area contributed by atoms with E-state index in [4.69, 9.17) is 4.84 Å². The van der Waals surface area contributed by atoms with Crippen molar-refractivity contribution in [2.45, 2.75) is 64.5 Å². The Morgan fingerprint density at radius 1 is 1.25 bits per heavy atom. The molecular weight excluding hydrogens is 258 g/mol. The fourth-order valence-electron chi connectivity index (χ4n) is 4.14. The van der Waals surface area contributed by atoms with Crippen LogP contribution in [0.25, 0.3) is 0 Å². The van der Waals surface area contributed by atoms with E-state index < -0.39 is 18.0 Å². The molecule has 0 radical (unpaired) electrons. The molecule has 0 bridgehead atoms. The van der Waals surface area contributed by atoms with Crippen molar-refractivity contribution in [3.63, 3.8) is 0 Å². The molecule has 3 unspecified atom stereocenters. The SMILES string of the molecule is CC1CCC2C(C)(C)C2(ON[C@H]2CCC(=O)OC2=O)C1. The van der Waals surface area contributed by atoms with E-state index in [1.54, 1.807) is 0 Å². The van der Waals surface area contributed by atoms with Crippen LogP contribution in [0.5, 0.6) is 0 Å². The molecule has 1 N–H and O–H groups in total. The molecule has 1 heterocycles. The molecule has 20 heavy (non-hydrogen) atoms. The Hall–Kier alpha value is -0.940. The lowest BCUT2D eigenvalue weighted by atomic mass is 9.88. The molecule has 0 aromatic rings. The predicted molar refractivity (Wildman–Crippen MR) is 71.4 cm³/mol. The molecule has 3 fully saturated rings. The number of carbonyl (C=O) groups excluding carboxylic acids is 2. The van der Waals surface area contributed by atoms with Gasteiger partial charge in [-0.1, -0.05) is 27.2 Å². The largest absolute Gasteiger partial charge is 0.392 e. The molecule has 4 atom stereocenters. The number of hydrogen-bond donors (Lipinski definition) is 1. The minimum absolute atomic E-state index is 0.152. The van der Waals surface area contributed by atoms with Crippen molar-refractivity contribution in [3.8, 4) is 0 Å². The Balaban J connectivity index is 1.63. The van der Waals surface area contributed by atoms with Crippen LogP contribution in [0, 0.1) is 17.3 Å². The first-order valence-corrected chi connectivity index (χ1v) is 7.55. The number of hydroxylamine groups is 1. The monoisotopic (exact) mass is 281 g/mol. The van der Waals surface area contributed by atoms with Crippen LogP contribution in [0.4, 0.5) is 0 Å². The quantitative estimate of drug-likeness (QED) is 0.486. The van der Waals surface area contributed by atoms with E-state index in [1.807, 2.05) is 0 Å². The first kappa shape index (κ1) is 14.0. The van der Waals surface area contributed by atoms with Crippen molar-refractivity contribution < 1.29 is 19.2 Å². The molecule has 0 aromatic heterocycles. The first-order valence-electron chi connectivity index (χ1n) is 7.55. The summed E-state index contributed by atoms with van der Waals surface area (Å²) in [6, 6.07) is -0.517. The second kappa shape index (κ2) is 4.53. The number of carbonyl (C=O) groups is 2. The van der Waals surface area contributed by atoms with Gasteiger partial charge in [0.25, 0.3) is 0 Å². The summed E-state index contributed by atoms with van der Waals surface area (Å²) in [5.41, 5.74) is 2.88. The second-order valence-electron chi connectivity index (χ2n) is 7.15. The van der Waals surface area contributed by atoms with Crippen LogP contribution in [0.3, 0.4) is 0 Å². The van der Waals surface area contributed by atoms with Crippen molar-refractivity contribution in [1.82, 2.24) is 5.48 Å². The zero-order chi connectivity index (χ0) is 14.5. The fourth-order valence-corrected chi connectivity index (χ4v) is 4.14. The molecule has 3 rings (SSSR count). The molecule has 2 saturated carbocycles. The van der Waals surface area contributed by atoms with Gasteiger partial charge in [-0.25, -0.2) is 4.79 Å². The van der Waals surface area contributed by atoms with Gasteiger partial charge < -0.3 is 4.74 Å². The highest BCUT2D eigenvalue weighted by molar-refractivity contribution is 5.91. The Morgan fingerprint density at radius 3 is 2.70 bits per heavy atom. The maximum atomic E-state index is 11.6. The normalized spacial score (nSPS) is 42.9. The van der Waals surface area contributed by atoms with Crippen molar-refractivity contribution in [2.75, 3.05) is 0 Å². The predicted octanol–water partition coefficient (Wildman–Crippen LogP) is 1.95. The number of rotatable bonds is 3. The summed E-state index contributed by atoms with van der Waals surface area (Å²) in [5.74, 6) is 0.244. The molecule has 1 aliphatic heterocycles. The van der Waals surface area contributed by atoms with Crippen LogP contribution in [-0.2, 0) is 19.2 Å². The third-order valence-electron chi connectivity index (χ3n) is 5.56. The van der Waals surface area contributed by atoms with E-state index in [-0.39, 0.29) is 17.4 Å². The summed E-state index contributed by atoms with van der Waals surface area (Å²) < 4.78 is 4.64. The Morgan fingerprint density at radius 2 is 2.00 bits per heavy atom. The average Bonchev–Trinajstić information content (AvgIpc) is 2.84. The average molecular weight is 281 g/mol. The number of esters is 2. The van der Waals surface area contributed by atoms with Gasteiger partial charge in [0.05, 0.1) is 5.60 Å². The second-order valence-corrected chi connectivity index (χ2v) is 7.15. The first-order chi connectivity index (χ1) is 9.37. The highest BCUT2D eigenvalue weighted by Gasteiger charge is 2.73. The molecule has 112 valence electrons. The van der Waals surface area contributed by atoms with Gasteiger partial charge in [0.1, 0.15) is 6.04 Å². The number of cyclic esters (lactones) is 2. The van der Waals surface area contributed by atoms with E-state index in [1.165, 1.54) is 12.8 Å². The van der Waals surface area contributed by atoms with Gasteiger partial charge in [0.2, 0.25) is 0 Å². The Kier molecular flexibility index (Phi) is 3.18. The van der Waals surface area contributed by atoms with E-state index in [2.05, 4.69) is 31.0 Å². The molecular formula is C15H23NO4. The van der Waals surface area contributed by atoms with Gasteiger partial charge in [0.15, 0.2) is 0 Å². The molecule has 0 amide bonds. The van der Waals surface area contributed by atoms with Crippen molar-refractivity contribution in [2.24, 2.45) is 17.3 Å². The summed E-state index contributed by atoms with van der Waals surface area (Å²) in [4.78, 5) is 28.7. The van der Waals surface area contributed by atoms with Crippen molar-refractivity contribution in [3.05, 3.63) is 0 Å². The lowest BCUT2D eigenvalue weighted by Gasteiger charge is -2.30. The Bertz CT molecular complexity index is 447. The molecule has 1 saturated heterocycles. The zero-order valence-corrected chi connectivity index (χ0v) is 12.4. The van der Waals surface area contributed by atoms with Gasteiger partial charge in [-0.05, 0) is 31.1 Å². The van der Waals surface area contributed by atoms with Gasteiger partial charge in [-0.15, -0.1) is 0 Å². The van der Waals surface area contributed by atoms with Crippen molar-refractivity contribution in [1.29, 1.82) is 0 Å². The standard InChI is InChI=1S/C15H23NO4/c1-9-4-6-11-14(2,3)15(11,8-9)20-16-10-5-7-12(17)19-13(10)18/h9-11,16H,4-8H2,1-3H3/t9?,10-,11?,15?/m0/s1.